The van der Waals surface area contributed by atoms with Crippen LogP contribution < -0.4 is 15.8 Å². The lowest BCUT2D eigenvalue weighted by Gasteiger charge is -2.14. The van der Waals surface area contributed by atoms with Crippen LogP contribution in [0.2, 0.25) is 0 Å². The summed E-state index contributed by atoms with van der Waals surface area (Å²) in [6, 6.07) is 21.2. The monoisotopic (exact) mass is 444 g/mol. The molecule has 0 bridgehead atoms. The molecule has 4 N–H and O–H groups in total. The zero-order chi connectivity index (χ0) is 23.4. The molecule has 0 aliphatic heterocycles. The van der Waals surface area contributed by atoms with E-state index in [1.807, 2.05) is 48.5 Å². The minimum atomic E-state index is -1.12. The number of amides is 1. The summed E-state index contributed by atoms with van der Waals surface area (Å²) >= 11 is 0. The molecule has 168 valence electrons. The number of carboxylic acid groups (broad SMARTS) is 1. The Kier molecular flexibility index (Phi) is 6.42. The van der Waals surface area contributed by atoms with E-state index in [1.165, 1.54) is 0 Å². The number of carboxylic acids is 1. The van der Waals surface area contributed by atoms with Crippen LogP contribution in [0.4, 0.5) is 0 Å². The first-order valence-corrected chi connectivity index (χ1v) is 10.5. The van der Waals surface area contributed by atoms with Gasteiger partial charge in [0, 0.05) is 18.4 Å². The van der Waals surface area contributed by atoms with Gasteiger partial charge in [-0.1, -0.05) is 42.5 Å². The second-order valence-corrected chi connectivity index (χ2v) is 7.68. The lowest BCUT2D eigenvalue weighted by Crippen LogP contribution is -2.42. The molecule has 0 saturated heterocycles. The highest BCUT2D eigenvalue weighted by molar-refractivity contribution is 5.98. The Bertz CT molecular complexity index is 1290. The third-order valence-electron chi connectivity index (χ3n) is 5.44. The Morgan fingerprint density at radius 2 is 1.79 bits per heavy atom. The van der Waals surface area contributed by atoms with Gasteiger partial charge >= 0.3 is 5.97 Å². The predicted molar refractivity (Wildman–Crippen MR) is 125 cm³/mol. The molecular weight excluding hydrogens is 420 g/mol. The number of hydrogen-bond acceptors (Lipinski definition) is 5. The maximum absolute atomic E-state index is 12.7. The molecule has 1 atom stereocenters. The third-order valence-corrected chi connectivity index (χ3v) is 5.44. The number of nitrogens with two attached hydrogens (primary N) is 1. The molecule has 33 heavy (non-hydrogen) atoms. The Labute approximate surface area is 190 Å². The van der Waals surface area contributed by atoms with Crippen LogP contribution in [-0.4, -0.2) is 30.1 Å². The van der Waals surface area contributed by atoms with Gasteiger partial charge in [-0.05, 0) is 52.6 Å². The lowest BCUT2D eigenvalue weighted by molar-refractivity contribution is -0.139. The molecule has 1 unspecified atom stereocenters. The molecule has 4 aromatic rings. The van der Waals surface area contributed by atoms with Crippen LogP contribution in [-0.2, 0) is 17.8 Å². The molecule has 1 aromatic heterocycles. The topological polar surface area (TPSA) is 115 Å². The van der Waals surface area contributed by atoms with E-state index in [0.29, 0.717) is 23.3 Å². The number of hydrogen-bond donors (Lipinski definition) is 3. The van der Waals surface area contributed by atoms with Gasteiger partial charge < -0.3 is 25.3 Å². The van der Waals surface area contributed by atoms with Crippen LogP contribution in [0.3, 0.4) is 0 Å². The predicted octanol–water partition coefficient (Wildman–Crippen LogP) is 3.99. The number of aliphatic carboxylic acids is 1. The Balaban J connectivity index is 1.47. The summed E-state index contributed by atoms with van der Waals surface area (Å²) in [4.78, 5) is 24.5. The summed E-state index contributed by atoms with van der Waals surface area (Å²) in [6.07, 6.45) is 0.137. The van der Waals surface area contributed by atoms with E-state index < -0.39 is 17.9 Å². The molecule has 0 radical (unpaired) electrons. The van der Waals surface area contributed by atoms with Gasteiger partial charge in [0.05, 0.1) is 7.11 Å². The smallest absolute Gasteiger partial charge is 0.326 e. The van der Waals surface area contributed by atoms with E-state index in [2.05, 4.69) is 5.32 Å². The van der Waals surface area contributed by atoms with Crippen LogP contribution >= 0.6 is 0 Å². The zero-order valence-electron chi connectivity index (χ0n) is 18.1. The van der Waals surface area contributed by atoms with Crippen molar-refractivity contribution in [3.05, 3.63) is 89.7 Å². The van der Waals surface area contributed by atoms with Gasteiger partial charge in [0.15, 0.2) is 5.76 Å². The molecular formula is C26H24N2O5. The number of ether oxygens (including phenoxy) is 1. The standard InChI is InChI=1S/C26H24N2O5/c1-32-21-9-10-23-20(13-21)14-24(33-23)25(29)28-22(26(30)31)12-16-5-7-18(8-6-16)19-4-2-3-17(11-19)15-27/h2-11,13-14,22H,12,15,27H2,1H3,(H,28,29)(H,30,31). The molecule has 0 aliphatic rings. The van der Waals surface area contributed by atoms with E-state index in [9.17, 15) is 14.7 Å². The fraction of sp³-hybridized carbons (Fsp3) is 0.154. The van der Waals surface area contributed by atoms with Crippen molar-refractivity contribution in [3.63, 3.8) is 0 Å². The summed E-state index contributed by atoms with van der Waals surface area (Å²) in [5, 5.41) is 12.9. The van der Waals surface area contributed by atoms with Crippen LogP contribution in [0.25, 0.3) is 22.1 Å². The first-order valence-electron chi connectivity index (χ1n) is 10.5. The van der Waals surface area contributed by atoms with Crippen LogP contribution in [0.5, 0.6) is 5.75 Å². The molecule has 1 heterocycles. The maximum Gasteiger partial charge on any atom is 0.326 e. The number of rotatable bonds is 8. The summed E-state index contributed by atoms with van der Waals surface area (Å²) in [7, 11) is 1.55. The number of carbonyl (C=O) groups is 2. The van der Waals surface area contributed by atoms with Crippen LogP contribution in [0.15, 0.2) is 77.2 Å². The molecule has 0 aliphatic carbocycles. The lowest BCUT2D eigenvalue weighted by atomic mass is 9.99. The molecule has 0 saturated carbocycles. The van der Waals surface area contributed by atoms with Crippen molar-refractivity contribution < 1.29 is 23.8 Å². The number of benzene rings is 3. The van der Waals surface area contributed by atoms with Crippen molar-refractivity contribution in [1.29, 1.82) is 0 Å². The van der Waals surface area contributed by atoms with E-state index in [4.69, 9.17) is 14.9 Å². The second kappa shape index (κ2) is 9.58. The average Bonchev–Trinajstić information content (AvgIpc) is 3.27. The van der Waals surface area contributed by atoms with Gasteiger partial charge in [0.1, 0.15) is 17.4 Å². The number of furan rings is 1. The first kappa shape index (κ1) is 22.1. The van der Waals surface area contributed by atoms with Gasteiger partial charge in [-0.2, -0.15) is 0 Å². The van der Waals surface area contributed by atoms with Gasteiger partial charge in [-0.15, -0.1) is 0 Å². The average molecular weight is 444 g/mol. The minimum absolute atomic E-state index is 0.0413. The Morgan fingerprint density at radius 1 is 1.00 bits per heavy atom. The summed E-state index contributed by atoms with van der Waals surface area (Å²) in [6.45, 7) is 0.463. The Morgan fingerprint density at radius 3 is 2.48 bits per heavy atom. The largest absolute Gasteiger partial charge is 0.497 e. The quantitative estimate of drug-likeness (QED) is 0.379. The molecule has 1 amide bonds. The van der Waals surface area contributed by atoms with Crippen molar-refractivity contribution in [3.8, 4) is 16.9 Å². The number of nitrogens with one attached hydrogen (secondary N) is 1. The Hall–Kier alpha value is -4.10. The molecule has 7 nitrogen and oxygen atoms in total. The number of fused-ring (bicyclic) bond motifs is 1. The van der Waals surface area contributed by atoms with Crippen molar-refractivity contribution >= 4 is 22.8 Å². The normalized spacial score (nSPS) is 11.8. The zero-order valence-corrected chi connectivity index (χ0v) is 18.1. The summed E-state index contributed by atoms with van der Waals surface area (Å²) < 4.78 is 10.8. The van der Waals surface area contributed by atoms with E-state index in [0.717, 1.165) is 22.3 Å². The van der Waals surface area contributed by atoms with E-state index >= 15 is 0 Å². The molecule has 7 heteroatoms. The van der Waals surface area contributed by atoms with Gasteiger partial charge in [0.2, 0.25) is 0 Å². The molecule has 4 rings (SSSR count). The minimum Gasteiger partial charge on any atom is -0.497 e. The fourth-order valence-electron chi connectivity index (χ4n) is 3.64. The first-order chi connectivity index (χ1) is 16.0. The van der Waals surface area contributed by atoms with Gasteiger partial charge in [-0.3, -0.25) is 4.79 Å². The highest BCUT2D eigenvalue weighted by Crippen LogP contribution is 2.25. The van der Waals surface area contributed by atoms with Crippen molar-refractivity contribution in [1.82, 2.24) is 5.32 Å². The van der Waals surface area contributed by atoms with Crippen molar-refractivity contribution in [2.24, 2.45) is 5.73 Å². The number of carbonyl (C=O) groups excluding carboxylic acids is 1. The summed E-state index contributed by atoms with van der Waals surface area (Å²) in [5.74, 6) is -1.04. The number of methoxy groups -OCH3 is 1. The molecule has 0 fully saturated rings. The highest BCUT2D eigenvalue weighted by atomic mass is 16.5. The molecule has 3 aromatic carbocycles. The van der Waals surface area contributed by atoms with Crippen molar-refractivity contribution in [2.45, 2.75) is 19.0 Å². The van der Waals surface area contributed by atoms with Crippen LogP contribution in [0.1, 0.15) is 21.7 Å². The maximum atomic E-state index is 12.7. The second-order valence-electron chi connectivity index (χ2n) is 7.68. The van der Waals surface area contributed by atoms with Gasteiger partial charge in [-0.25, -0.2) is 4.79 Å². The van der Waals surface area contributed by atoms with Crippen LogP contribution in [0, 0.1) is 0 Å². The van der Waals surface area contributed by atoms with E-state index in [1.54, 1.807) is 31.4 Å². The van der Waals surface area contributed by atoms with Gasteiger partial charge in [0.25, 0.3) is 5.91 Å². The molecule has 0 spiro atoms. The summed E-state index contributed by atoms with van der Waals surface area (Å²) in [5.41, 5.74) is 10.1. The fourth-order valence-corrected chi connectivity index (χ4v) is 3.64. The highest BCUT2D eigenvalue weighted by Gasteiger charge is 2.23. The SMILES string of the molecule is COc1ccc2oc(C(=O)NC(Cc3ccc(-c4cccc(CN)c4)cc3)C(=O)O)cc2c1. The van der Waals surface area contributed by atoms with Crippen molar-refractivity contribution in [2.75, 3.05) is 7.11 Å². The third kappa shape index (κ3) is 5.05. The van der Waals surface area contributed by atoms with E-state index in [-0.39, 0.29) is 12.2 Å².